The Kier molecular flexibility index (Phi) is 5.37. The Morgan fingerprint density at radius 2 is 2.04 bits per heavy atom. The van der Waals surface area contributed by atoms with E-state index in [1.54, 1.807) is 18.3 Å². The first-order chi connectivity index (χ1) is 13.7. The maximum Gasteiger partial charge on any atom is 0.274 e. The highest BCUT2D eigenvalue weighted by Crippen LogP contribution is 2.27. The van der Waals surface area contributed by atoms with E-state index in [0.29, 0.717) is 30.8 Å². The molecule has 0 aliphatic carbocycles. The summed E-state index contributed by atoms with van der Waals surface area (Å²) in [5.74, 6) is -0.150. The summed E-state index contributed by atoms with van der Waals surface area (Å²) in [5.41, 5.74) is 2.78. The van der Waals surface area contributed by atoms with Crippen LogP contribution in [0.5, 0.6) is 0 Å². The molecule has 0 bridgehead atoms. The average Bonchev–Trinajstić information content (AvgIpc) is 2.76. The van der Waals surface area contributed by atoms with Crippen LogP contribution in [0.1, 0.15) is 46.2 Å². The molecular weight excluding hydrogens is 355 g/mol. The number of amides is 1. The van der Waals surface area contributed by atoms with Gasteiger partial charge >= 0.3 is 0 Å². The van der Waals surface area contributed by atoms with Gasteiger partial charge in [-0.3, -0.25) is 14.8 Å². The minimum atomic E-state index is -0.215. The highest BCUT2D eigenvalue weighted by atomic mass is 19.1. The zero-order valence-corrected chi connectivity index (χ0v) is 15.5. The van der Waals surface area contributed by atoms with E-state index in [1.165, 1.54) is 18.5 Å². The fraction of sp³-hybridized carbons (Fsp3) is 0.273. The number of carbonyl (C=O) groups is 1. The van der Waals surface area contributed by atoms with Gasteiger partial charge in [0.1, 0.15) is 11.5 Å². The van der Waals surface area contributed by atoms with Crippen molar-refractivity contribution < 1.29 is 9.18 Å². The molecule has 0 unspecified atom stereocenters. The maximum absolute atomic E-state index is 13.9. The number of hydrogen-bond acceptors (Lipinski definition) is 4. The molecule has 6 heteroatoms. The van der Waals surface area contributed by atoms with Crippen molar-refractivity contribution >= 4 is 5.91 Å². The minimum Gasteiger partial charge on any atom is -0.337 e. The quantitative estimate of drug-likeness (QED) is 0.698. The van der Waals surface area contributed by atoms with Crippen LogP contribution >= 0.6 is 0 Å². The fourth-order valence-electron chi connectivity index (χ4n) is 3.64. The third-order valence-electron chi connectivity index (χ3n) is 5.07. The van der Waals surface area contributed by atoms with Crippen molar-refractivity contribution in [2.24, 2.45) is 0 Å². The van der Waals surface area contributed by atoms with E-state index in [1.807, 2.05) is 29.2 Å². The number of nitrogens with zero attached hydrogens (tertiary/aromatic N) is 4. The van der Waals surface area contributed by atoms with Crippen LogP contribution in [-0.4, -0.2) is 38.8 Å². The Hall–Kier alpha value is -3.15. The lowest BCUT2D eigenvalue weighted by Gasteiger charge is -2.32. The first-order valence-electron chi connectivity index (χ1n) is 9.45. The predicted octanol–water partition coefficient (Wildman–Crippen LogP) is 3.62. The molecule has 1 aromatic carbocycles. The fourth-order valence-corrected chi connectivity index (χ4v) is 3.64. The van der Waals surface area contributed by atoms with Gasteiger partial charge in [-0.2, -0.15) is 0 Å². The summed E-state index contributed by atoms with van der Waals surface area (Å²) in [7, 11) is 0. The maximum atomic E-state index is 13.9. The van der Waals surface area contributed by atoms with Gasteiger partial charge in [-0.15, -0.1) is 0 Å². The zero-order valence-electron chi connectivity index (χ0n) is 15.5. The van der Waals surface area contributed by atoms with Crippen LogP contribution in [0, 0.1) is 5.82 Å². The molecule has 28 heavy (non-hydrogen) atoms. The number of hydrogen-bond donors (Lipinski definition) is 0. The Balaban J connectivity index is 1.49. The lowest BCUT2D eigenvalue weighted by atomic mass is 9.93. The highest BCUT2D eigenvalue weighted by Gasteiger charge is 2.27. The highest BCUT2D eigenvalue weighted by molar-refractivity contribution is 5.92. The molecule has 142 valence electrons. The van der Waals surface area contributed by atoms with Crippen molar-refractivity contribution in [1.82, 2.24) is 19.9 Å². The number of piperidine rings is 1. The Labute approximate surface area is 163 Å². The Bertz CT molecular complexity index is 964. The number of benzene rings is 1. The summed E-state index contributed by atoms with van der Waals surface area (Å²) in [4.78, 5) is 27.4. The van der Waals surface area contributed by atoms with Crippen LogP contribution in [0.3, 0.4) is 0 Å². The first kappa shape index (κ1) is 18.2. The van der Waals surface area contributed by atoms with Crippen LogP contribution < -0.4 is 0 Å². The van der Waals surface area contributed by atoms with Crippen molar-refractivity contribution in [2.75, 3.05) is 13.1 Å². The van der Waals surface area contributed by atoms with E-state index >= 15 is 0 Å². The number of rotatable bonds is 4. The molecule has 0 saturated carbocycles. The zero-order chi connectivity index (χ0) is 19.3. The molecule has 1 saturated heterocycles. The number of pyridine rings is 1. The molecule has 3 aromatic rings. The van der Waals surface area contributed by atoms with Crippen molar-refractivity contribution in [3.05, 3.63) is 89.5 Å². The van der Waals surface area contributed by atoms with Gasteiger partial charge in [0.15, 0.2) is 0 Å². The molecule has 0 spiro atoms. The molecule has 0 radical (unpaired) electrons. The second kappa shape index (κ2) is 8.25. The summed E-state index contributed by atoms with van der Waals surface area (Å²) < 4.78 is 13.9. The minimum absolute atomic E-state index is 0.0969. The van der Waals surface area contributed by atoms with E-state index in [9.17, 15) is 9.18 Å². The van der Waals surface area contributed by atoms with E-state index in [0.717, 1.165) is 24.2 Å². The van der Waals surface area contributed by atoms with Gasteiger partial charge in [0.25, 0.3) is 5.91 Å². The molecule has 1 fully saturated rings. The van der Waals surface area contributed by atoms with Crippen LogP contribution in [0.4, 0.5) is 4.39 Å². The standard InChI is InChI=1S/C22H21FN4O/c23-19-8-2-1-5-16(19)13-18-7-3-9-20(26-18)17-6-4-12-27(15-17)22(28)21-14-24-10-11-25-21/h1-3,5,7-11,14,17H,4,6,12-13,15H2/t17-/m1/s1. The molecule has 2 aromatic heterocycles. The normalized spacial score (nSPS) is 16.8. The first-order valence-corrected chi connectivity index (χ1v) is 9.45. The average molecular weight is 376 g/mol. The number of likely N-dealkylation sites (tertiary alicyclic amines) is 1. The van der Waals surface area contributed by atoms with Crippen LogP contribution in [0.25, 0.3) is 0 Å². The number of halogens is 1. The Morgan fingerprint density at radius 1 is 1.14 bits per heavy atom. The summed E-state index contributed by atoms with van der Waals surface area (Å²) in [6.07, 6.45) is 6.92. The van der Waals surface area contributed by atoms with E-state index in [-0.39, 0.29) is 17.6 Å². The van der Waals surface area contributed by atoms with Crippen LogP contribution in [-0.2, 0) is 6.42 Å². The van der Waals surface area contributed by atoms with E-state index in [2.05, 4.69) is 9.97 Å². The van der Waals surface area contributed by atoms with Gasteiger partial charge in [-0.05, 0) is 36.6 Å². The molecule has 1 amide bonds. The molecule has 4 rings (SSSR count). The lowest BCUT2D eigenvalue weighted by Crippen LogP contribution is -2.39. The Morgan fingerprint density at radius 3 is 2.86 bits per heavy atom. The smallest absolute Gasteiger partial charge is 0.274 e. The van der Waals surface area contributed by atoms with Crippen molar-refractivity contribution in [2.45, 2.75) is 25.2 Å². The van der Waals surface area contributed by atoms with Gasteiger partial charge in [-0.1, -0.05) is 24.3 Å². The summed E-state index contributed by atoms with van der Waals surface area (Å²) in [6, 6.07) is 12.6. The third-order valence-corrected chi connectivity index (χ3v) is 5.07. The van der Waals surface area contributed by atoms with Gasteiger partial charge in [0.2, 0.25) is 0 Å². The van der Waals surface area contributed by atoms with Gasteiger partial charge in [0.05, 0.1) is 6.20 Å². The van der Waals surface area contributed by atoms with Crippen molar-refractivity contribution in [1.29, 1.82) is 0 Å². The van der Waals surface area contributed by atoms with E-state index in [4.69, 9.17) is 4.98 Å². The summed E-state index contributed by atoms with van der Waals surface area (Å²) >= 11 is 0. The third kappa shape index (κ3) is 4.06. The van der Waals surface area contributed by atoms with Crippen molar-refractivity contribution in [3.63, 3.8) is 0 Å². The largest absolute Gasteiger partial charge is 0.337 e. The molecule has 1 aliphatic heterocycles. The van der Waals surface area contributed by atoms with Crippen LogP contribution in [0.2, 0.25) is 0 Å². The second-order valence-corrected chi connectivity index (χ2v) is 7.00. The topological polar surface area (TPSA) is 59.0 Å². The molecule has 3 heterocycles. The molecule has 5 nitrogen and oxygen atoms in total. The van der Waals surface area contributed by atoms with Crippen molar-refractivity contribution in [3.8, 4) is 0 Å². The molecular formula is C22H21FN4O. The number of carbonyl (C=O) groups excluding carboxylic acids is 1. The monoisotopic (exact) mass is 376 g/mol. The predicted molar refractivity (Wildman–Crippen MR) is 103 cm³/mol. The SMILES string of the molecule is O=C(c1cnccn1)N1CCC[C@@H](c2cccc(Cc3ccccc3F)n2)C1. The lowest BCUT2D eigenvalue weighted by molar-refractivity contribution is 0.0699. The van der Waals surface area contributed by atoms with Gasteiger partial charge in [-0.25, -0.2) is 9.37 Å². The van der Waals surface area contributed by atoms with E-state index < -0.39 is 0 Å². The summed E-state index contributed by atoms with van der Waals surface area (Å²) in [5, 5.41) is 0. The molecule has 1 aliphatic rings. The summed E-state index contributed by atoms with van der Waals surface area (Å²) in [6.45, 7) is 1.31. The molecule has 0 N–H and O–H groups in total. The van der Waals surface area contributed by atoms with Gasteiger partial charge < -0.3 is 4.90 Å². The van der Waals surface area contributed by atoms with Crippen LogP contribution in [0.15, 0.2) is 61.1 Å². The van der Waals surface area contributed by atoms with Gasteiger partial charge in [0, 0.05) is 49.2 Å². The second-order valence-electron chi connectivity index (χ2n) is 7.00. The number of aromatic nitrogens is 3. The molecule has 1 atom stereocenters.